The Morgan fingerprint density at radius 1 is 1.14 bits per heavy atom. The van der Waals surface area contributed by atoms with Crippen molar-refractivity contribution in [2.45, 2.75) is 77.2 Å². The van der Waals surface area contributed by atoms with Gasteiger partial charge in [0.15, 0.2) is 0 Å². The minimum atomic E-state index is -0.00958. The molecular weight excluding hydrogens is 172 g/mol. The zero-order chi connectivity index (χ0) is 10.2. The molecule has 1 aliphatic rings. The van der Waals surface area contributed by atoms with Crippen LogP contribution in [0.4, 0.5) is 0 Å². The van der Waals surface area contributed by atoms with Gasteiger partial charge in [-0.25, -0.2) is 0 Å². The maximum atomic E-state index is 9.83. The molecule has 0 spiro atoms. The molecule has 1 N–H and O–H groups in total. The molecule has 0 bridgehead atoms. The van der Waals surface area contributed by atoms with Gasteiger partial charge in [0.2, 0.25) is 0 Å². The molecule has 0 saturated heterocycles. The topological polar surface area (TPSA) is 20.2 Å². The predicted octanol–water partition coefficient (Wildman–Crippen LogP) is 3.90. The van der Waals surface area contributed by atoms with Gasteiger partial charge in [-0.1, -0.05) is 58.3 Å². The summed E-state index contributed by atoms with van der Waals surface area (Å²) in [7, 11) is 0. The van der Waals surface area contributed by atoms with Crippen LogP contribution in [0.2, 0.25) is 0 Å². The molecule has 1 heteroatoms. The van der Waals surface area contributed by atoms with E-state index in [2.05, 4.69) is 6.92 Å². The fourth-order valence-electron chi connectivity index (χ4n) is 2.56. The average Bonchev–Trinajstić information content (AvgIpc) is 2.20. The summed E-state index contributed by atoms with van der Waals surface area (Å²) in [6.07, 6.45) is 12.8. The van der Waals surface area contributed by atoms with Crippen LogP contribution < -0.4 is 0 Å². The summed E-state index contributed by atoms with van der Waals surface area (Å²) in [6.45, 7) is 2.22. The van der Waals surface area contributed by atoms with Gasteiger partial charge >= 0.3 is 0 Å². The summed E-state index contributed by atoms with van der Waals surface area (Å²) in [4.78, 5) is 0. The van der Waals surface area contributed by atoms with Gasteiger partial charge in [0.1, 0.15) is 0 Å². The highest BCUT2D eigenvalue weighted by atomic mass is 16.3. The maximum Gasteiger partial charge on any atom is 0.0542 e. The fraction of sp³-hybridized carbons (Fsp3) is 1.00. The van der Waals surface area contributed by atoms with Crippen molar-refractivity contribution >= 4 is 0 Å². The largest absolute Gasteiger partial charge is 0.393 e. The first-order valence-electron chi connectivity index (χ1n) is 6.51. The maximum absolute atomic E-state index is 9.83. The minimum absolute atomic E-state index is 0.00958. The molecule has 1 nitrogen and oxygen atoms in total. The van der Waals surface area contributed by atoms with Crippen LogP contribution in [0, 0.1) is 5.92 Å². The first-order chi connectivity index (χ1) is 6.83. The number of rotatable bonds is 6. The van der Waals surface area contributed by atoms with E-state index in [0.717, 1.165) is 18.8 Å². The second-order valence-electron chi connectivity index (χ2n) is 4.89. The van der Waals surface area contributed by atoms with Crippen LogP contribution >= 0.6 is 0 Å². The summed E-state index contributed by atoms with van der Waals surface area (Å²) in [5.74, 6) is 0.834. The van der Waals surface area contributed by atoms with Crippen molar-refractivity contribution in [3.8, 4) is 0 Å². The molecule has 1 saturated carbocycles. The monoisotopic (exact) mass is 198 g/mol. The molecule has 0 aromatic heterocycles. The Morgan fingerprint density at radius 2 is 1.86 bits per heavy atom. The Balaban J connectivity index is 2.03. The number of hydrogen-bond donors (Lipinski definition) is 1. The van der Waals surface area contributed by atoms with E-state index in [9.17, 15) is 5.11 Å². The van der Waals surface area contributed by atoms with Crippen LogP contribution in [0.3, 0.4) is 0 Å². The van der Waals surface area contributed by atoms with Crippen LogP contribution in [0.5, 0.6) is 0 Å². The summed E-state index contributed by atoms with van der Waals surface area (Å²) in [5, 5.41) is 9.83. The van der Waals surface area contributed by atoms with Gasteiger partial charge in [-0.15, -0.1) is 0 Å². The Morgan fingerprint density at radius 3 is 2.50 bits per heavy atom. The fourth-order valence-corrected chi connectivity index (χ4v) is 2.56. The molecule has 0 amide bonds. The molecule has 1 atom stereocenters. The molecule has 0 heterocycles. The zero-order valence-electron chi connectivity index (χ0n) is 9.67. The highest BCUT2D eigenvalue weighted by Crippen LogP contribution is 2.28. The van der Waals surface area contributed by atoms with Crippen LogP contribution in [0.25, 0.3) is 0 Å². The lowest BCUT2D eigenvalue weighted by Crippen LogP contribution is -2.15. The molecule has 1 unspecified atom stereocenters. The summed E-state index contributed by atoms with van der Waals surface area (Å²) in [6, 6.07) is 0. The smallest absolute Gasteiger partial charge is 0.0542 e. The van der Waals surface area contributed by atoms with Crippen LogP contribution in [-0.2, 0) is 0 Å². The van der Waals surface area contributed by atoms with E-state index in [1.165, 1.54) is 51.4 Å². The molecule has 1 rings (SSSR count). The lowest BCUT2D eigenvalue weighted by molar-refractivity contribution is 0.119. The van der Waals surface area contributed by atoms with Crippen molar-refractivity contribution in [3.05, 3.63) is 0 Å². The molecule has 1 fully saturated rings. The average molecular weight is 198 g/mol. The predicted molar refractivity (Wildman–Crippen MR) is 61.3 cm³/mol. The standard InChI is InChI=1S/C13H26O/c1-2-3-5-10-13(14)11-12-8-6-4-7-9-12/h12-14H,2-11H2,1H3. The summed E-state index contributed by atoms with van der Waals surface area (Å²) in [5.41, 5.74) is 0. The van der Waals surface area contributed by atoms with Gasteiger partial charge in [-0.2, -0.15) is 0 Å². The van der Waals surface area contributed by atoms with Gasteiger partial charge in [-0.3, -0.25) is 0 Å². The van der Waals surface area contributed by atoms with E-state index >= 15 is 0 Å². The van der Waals surface area contributed by atoms with Crippen molar-refractivity contribution in [1.29, 1.82) is 0 Å². The molecule has 0 aliphatic heterocycles. The van der Waals surface area contributed by atoms with Crippen molar-refractivity contribution in [2.24, 2.45) is 5.92 Å². The zero-order valence-corrected chi connectivity index (χ0v) is 9.67. The number of aliphatic hydroxyl groups excluding tert-OH is 1. The molecular formula is C13H26O. The molecule has 0 aromatic carbocycles. The highest BCUT2D eigenvalue weighted by molar-refractivity contribution is 4.69. The normalized spacial score (nSPS) is 21.0. The number of unbranched alkanes of at least 4 members (excludes halogenated alkanes) is 2. The van der Waals surface area contributed by atoms with Gasteiger partial charge in [0.05, 0.1) is 6.10 Å². The lowest BCUT2D eigenvalue weighted by Gasteiger charge is -2.23. The lowest BCUT2D eigenvalue weighted by atomic mass is 9.84. The minimum Gasteiger partial charge on any atom is -0.393 e. The summed E-state index contributed by atoms with van der Waals surface area (Å²) < 4.78 is 0. The van der Waals surface area contributed by atoms with Crippen molar-refractivity contribution in [1.82, 2.24) is 0 Å². The SMILES string of the molecule is CCCCCC(O)CC1CCCCC1. The van der Waals surface area contributed by atoms with Crippen molar-refractivity contribution in [3.63, 3.8) is 0 Å². The first kappa shape index (κ1) is 12.0. The third-order valence-corrected chi connectivity index (χ3v) is 3.47. The van der Waals surface area contributed by atoms with E-state index in [0.29, 0.717) is 0 Å². The quantitative estimate of drug-likeness (QED) is 0.642. The van der Waals surface area contributed by atoms with Gasteiger partial charge in [0.25, 0.3) is 0 Å². The number of aliphatic hydroxyl groups is 1. The van der Waals surface area contributed by atoms with E-state index < -0.39 is 0 Å². The third-order valence-electron chi connectivity index (χ3n) is 3.47. The van der Waals surface area contributed by atoms with Crippen LogP contribution in [0.15, 0.2) is 0 Å². The van der Waals surface area contributed by atoms with Crippen molar-refractivity contribution in [2.75, 3.05) is 0 Å². The Bertz CT molecular complexity index is 127. The number of hydrogen-bond acceptors (Lipinski definition) is 1. The van der Waals surface area contributed by atoms with E-state index in [-0.39, 0.29) is 6.10 Å². The molecule has 0 radical (unpaired) electrons. The third kappa shape index (κ3) is 4.99. The second-order valence-corrected chi connectivity index (χ2v) is 4.89. The second kappa shape index (κ2) is 7.28. The molecule has 1 aliphatic carbocycles. The van der Waals surface area contributed by atoms with Crippen LogP contribution in [-0.4, -0.2) is 11.2 Å². The van der Waals surface area contributed by atoms with Crippen molar-refractivity contribution < 1.29 is 5.11 Å². The molecule has 84 valence electrons. The van der Waals surface area contributed by atoms with Gasteiger partial charge < -0.3 is 5.11 Å². The van der Waals surface area contributed by atoms with E-state index in [1.54, 1.807) is 0 Å². The van der Waals surface area contributed by atoms with E-state index in [4.69, 9.17) is 0 Å². The Kier molecular flexibility index (Phi) is 6.25. The molecule has 14 heavy (non-hydrogen) atoms. The Hall–Kier alpha value is -0.0400. The van der Waals surface area contributed by atoms with Gasteiger partial charge in [-0.05, 0) is 18.8 Å². The summed E-state index contributed by atoms with van der Waals surface area (Å²) >= 11 is 0. The molecule has 0 aromatic rings. The van der Waals surface area contributed by atoms with E-state index in [1.807, 2.05) is 0 Å². The Labute approximate surface area is 88.9 Å². The highest BCUT2D eigenvalue weighted by Gasteiger charge is 2.16. The van der Waals surface area contributed by atoms with Crippen LogP contribution in [0.1, 0.15) is 71.1 Å². The van der Waals surface area contributed by atoms with Gasteiger partial charge in [0, 0.05) is 0 Å². The first-order valence-corrected chi connectivity index (χ1v) is 6.51.